The van der Waals surface area contributed by atoms with E-state index in [1.807, 2.05) is 4.90 Å². The Balaban J connectivity index is 3.51. The highest BCUT2D eigenvalue weighted by molar-refractivity contribution is 5.83. The zero-order valence-corrected chi connectivity index (χ0v) is 29.1. The number of carboxylic acids is 1. The van der Waals surface area contributed by atoms with E-state index in [-0.39, 0.29) is 39.3 Å². The van der Waals surface area contributed by atoms with Gasteiger partial charge in [0.05, 0.1) is 32.2 Å². The number of aliphatic hydroxyl groups is 1. The third-order valence-corrected chi connectivity index (χ3v) is 6.54. The van der Waals surface area contributed by atoms with Crippen molar-refractivity contribution in [3.05, 3.63) is 0 Å². The second-order valence-corrected chi connectivity index (χ2v) is 14.5. The van der Waals surface area contributed by atoms with E-state index >= 15 is 0 Å². The summed E-state index contributed by atoms with van der Waals surface area (Å²) >= 11 is 0. The lowest BCUT2D eigenvalue weighted by atomic mass is 9.96. The number of rotatable bonds is 11. The molecule has 15 heteroatoms. The molecule has 0 spiro atoms. The smallest absolute Gasteiger partial charge is 0.322 e. The fraction of sp³-hybridized carbons (Fsp3) is 0.839. The standard InChI is InChI=1S/C31H57N5O10/c1-29(2,3)44-25(40)18-34-12-10-32-11-13-36(20-27(42)46-31(7,8)9)23(22(21-37)28(43)33-16-24(38)39)17-35(15-14-34)19-26(41)45-30(4,5)6/h22-23,32,37H,10-21H2,1-9H3,(H,33,43)(H,38,39). The van der Waals surface area contributed by atoms with Gasteiger partial charge in [0, 0.05) is 51.9 Å². The minimum Gasteiger partial charge on any atom is -0.480 e. The van der Waals surface area contributed by atoms with Crippen molar-refractivity contribution in [2.75, 3.05) is 78.6 Å². The molecule has 1 aliphatic rings. The van der Waals surface area contributed by atoms with E-state index in [9.17, 15) is 29.1 Å². The Labute approximate surface area is 273 Å². The van der Waals surface area contributed by atoms with Gasteiger partial charge in [0.25, 0.3) is 0 Å². The van der Waals surface area contributed by atoms with Crippen molar-refractivity contribution in [1.29, 1.82) is 0 Å². The molecule has 0 aromatic heterocycles. The lowest BCUT2D eigenvalue weighted by molar-refractivity contribution is -0.160. The van der Waals surface area contributed by atoms with Gasteiger partial charge in [-0.05, 0) is 62.3 Å². The highest BCUT2D eigenvalue weighted by atomic mass is 16.6. The largest absolute Gasteiger partial charge is 0.480 e. The Bertz CT molecular complexity index is 1020. The van der Waals surface area contributed by atoms with Crippen LogP contribution in [0.3, 0.4) is 0 Å². The number of ether oxygens (including phenoxy) is 3. The lowest BCUT2D eigenvalue weighted by Crippen LogP contribution is -2.58. The maximum atomic E-state index is 13.3. The molecule has 266 valence electrons. The second kappa shape index (κ2) is 18.5. The zero-order valence-electron chi connectivity index (χ0n) is 29.1. The van der Waals surface area contributed by atoms with Crippen molar-refractivity contribution in [1.82, 2.24) is 25.3 Å². The van der Waals surface area contributed by atoms with Gasteiger partial charge in [0.15, 0.2) is 0 Å². The Kier molecular flexibility index (Phi) is 16.5. The summed E-state index contributed by atoms with van der Waals surface area (Å²) in [6.45, 7) is 16.4. The first-order valence-electron chi connectivity index (χ1n) is 15.7. The fourth-order valence-electron chi connectivity index (χ4n) is 4.82. The molecule has 0 aromatic rings. The first kappa shape index (κ1) is 41.2. The number of esters is 3. The molecule has 1 aliphatic heterocycles. The van der Waals surface area contributed by atoms with Crippen LogP contribution in [0.2, 0.25) is 0 Å². The molecule has 15 nitrogen and oxygen atoms in total. The van der Waals surface area contributed by atoms with Crippen LogP contribution in [0.5, 0.6) is 0 Å². The number of nitrogens with zero attached hydrogens (tertiary/aromatic N) is 3. The SMILES string of the molecule is CC(C)(C)OC(=O)CN1CCNCCN(CC(=O)OC(C)(C)C)C(C(CO)C(=O)NCC(=O)O)CN(CC(=O)OC(C)(C)C)CC1. The Morgan fingerprint density at radius 1 is 0.739 bits per heavy atom. The maximum Gasteiger partial charge on any atom is 0.322 e. The highest BCUT2D eigenvalue weighted by Gasteiger charge is 2.36. The number of aliphatic hydroxyl groups excluding tert-OH is 1. The molecule has 0 aliphatic carbocycles. The van der Waals surface area contributed by atoms with E-state index in [2.05, 4.69) is 10.6 Å². The average molecular weight is 660 g/mol. The lowest BCUT2D eigenvalue weighted by Gasteiger charge is -2.39. The van der Waals surface area contributed by atoms with Gasteiger partial charge in [0.2, 0.25) is 5.91 Å². The van der Waals surface area contributed by atoms with Crippen LogP contribution >= 0.6 is 0 Å². The summed E-state index contributed by atoms with van der Waals surface area (Å²) in [6.07, 6.45) is 0. The number of carboxylic acid groups (broad SMARTS) is 1. The summed E-state index contributed by atoms with van der Waals surface area (Å²) in [5, 5.41) is 25.2. The Hall–Kier alpha value is -2.85. The normalized spacial score (nSPS) is 19.2. The second-order valence-electron chi connectivity index (χ2n) is 14.5. The molecule has 4 N–H and O–H groups in total. The molecule has 1 fully saturated rings. The van der Waals surface area contributed by atoms with Crippen molar-refractivity contribution in [2.45, 2.75) is 85.2 Å². The van der Waals surface area contributed by atoms with E-state index in [0.29, 0.717) is 26.2 Å². The summed E-state index contributed by atoms with van der Waals surface area (Å²) in [5.41, 5.74) is -2.19. The number of amides is 1. The molecule has 1 rings (SSSR count). The van der Waals surface area contributed by atoms with Crippen LogP contribution in [-0.4, -0.2) is 156 Å². The van der Waals surface area contributed by atoms with Crippen molar-refractivity contribution < 1.29 is 48.4 Å². The van der Waals surface area contributed by atoms with Crippen LogP contribution in [0.4, 0.5) is 0 Å². The number of aliphatic carboxylic acids is 1. The van der Waals surface area contributed by atoms with Crippen molar-refractivity contribution in [2.24, 2.45) is 5.92 Å². The van der Waals surface area contributed by atoms with Gasteiger partial charge in [-0.15, -0.1) is 0 Å². The first-order valence-corrected chi connectivity index (χ1v) is 15.7. The maximum absolute atomic E-state index is 13.3. The fourth-order valence-corrected chi connectivity index (χ4v) is 4.82. The summed E-state index contributed by atoms with van der Waals surface area (Å²) in [7, 11) is 0. The minimum absolute atomic E-state index is 0.0181. The molecule has 46 heavy (non-hydrogen) atoms. The van der Waals surface area contributed by atoms with E-state index < -0.39 is 71.7 Å². The molecule has 0 radical (unpaired) electrons. The van der Waals surface area contributed by atoms with Gasteiger partial charge in [-0.1, -0.05) is 0 Å². The van der Waals surface area contributed by atoms with Crippen LogP contribution in [-0.2, 0) is 38.2 Å². The highest BCUT2D eigenvalue weighted by Crippen LogP contribution is 2.18. The van der Waals surface area contributed by atoms with Crippen LogP contribution in [0.1, 0.15) is 62.3 Å². The minimum atomic E-state index is -1.25. The molecule has 1 saturated heterocycles. The van der Waals surface area contributed by atoms with Gasteiger partial charge >= 0.3 is 23.9 Å². The molecule has 0 aromatic carbocycles. The molecule has 2 atom stereocenters. The summed E-state index contributed by atoms with van der Waals surface area (Å²) < 4.78 is 16.7. The van der Waals surface area contributed by atoms with E-state index in [4.69, 9.17) is 19.3 Å². The number of hydrogen-bond donors (Lipinski definition) is 4. The van der Waals surface area contributed by atoms with Gasteiger partial charge in [-0.3, -0.25) is 38.7 Å². The summed E-state index contributed by atoms with van der Waals surface area (Å²) in [4.78, 5) is 68.6. The van der Waals surface area contributed by atoms with E-state index in [1.54, 1.807) is 72.1 Å². The third-order valence-electron chi connectivity index (χ3n) is 6.54. The Morgan fingerprint density at radius 3 is 1.67 bits per heavy atom. The van der Waals surface area contributed by atoms with Crippen molar-refractivity contribution in [3.8, 4) is 0 Å². The number of hydrogen-bond acceptors (Lipinski definition) is 13. The average Bonchev–Trinajstić information content (AvgIpc) is 2.85. The van der Waals surface area contributed by atoms with Gasteiger partial charge in [-0.2, -0.15) is 0 Å². The summed E-state index contributed by atoms with van der Waals surface area (Å²) in [6, 6.07) is -0.853. The van der Waals surface area contributed by atoms with Crippen molar-refractivity contribution >= 4 is 29.8 Å². The van der Waals surface area contributed by atoms with Gasteiger partial charge in [-0.25, -0.2) is 0 Å². The number of carbonyl (C=O) groups is 5. The predicted molar refractivity (Wildman–Crippen MR) is 170 cm³/mol. The quantitative estimate of drug-likeness (QED) is 0.167. The van der Waals surface area contributed by atoms with Gasteiger partial charge in [0.1, 0.15) is 23.3 Å². The third kappa shape index (κ3) is 18.3. The molecule has 1 heterocycles. The topological polar surface area (TPSA) is 187 Å². The molecular formula is C31H57N5O10. The van der Waals surface area contributed by atoms with Crippen LogP contribution < -0.4 is 10.6 Å². The van der Waals surface area contributed by atoms with Crippen LogP contribution in [0.15, 0.2) is 0 Å². The molecule has 1 amide bonds. The molecule has 0 bridgehead atoms. The van der Waals surface area contributed by atoms with Gasteiger partial charge < -0.3 is 35.1 Å². The van der Waals surface area contributed by atoms with E-state index in [0.717, 1.165) is 0 Å². The molecule has 2 unspecified atom stereocenters. The predicted octanol–water partition coefficient (Wildman–Crippen LogP) is -0.301. The van der Waals surface area contributed by atoms with Crippen molar-refractivity contribution in [3.63, 3.8) is 0 Å². The van der Waals surface area contributed by atoms with E-state index in [1.165, 1.54) is 0 Å². The monoisotopic (exact) mass is 659 g/mol. The molecular weight excluding hydrogens is 602 g/mol. The van der Waals surface area contributed by atoms with Crippen LogP contribution in [0, 0.1) is 5.92 Å². The zero-order chi connectivity index (χ0) is 35.3. The summed E-state index contributed by atoms with van der Waals surface area (Å²) in [5.74, 6) is -4.59. The number of nitrogens with one attached hydrogen (secondary N) is 2. The first-order chi connectivity index (χ1) is 21.1. The number of carbonyl (C=O) groups excluding carboxylic acids is 4. The molecule has 0 saturated carbocycles. The van der Waals surface area contributed by atoms with Crippen LogP contribution in [0.25, 0.3) is 0 Å². The Morgan fingerprint density at radius 2 is 1.20 bits per heavy atom.